The molecule has 3 aromatic carbocycles. The summed E-state index contributed by atoms with van der Waals surface area (Å²) in [6, 6.07) is 11.1. The molecule has 0 aromatic heterocycles. The van der Waals surface area contributed by atoms with E-state index in [-0.39, 0.29) is 28.3 Å². The maximum Gasteiger partial charge on any atom is 0.231 e. The van der Waals surface area contributed by atoms with Crippen LogP contribution in [-0.4, -0.2) is 16.0 Å². The zero-order valence-corrected chi connectivity index (χ0v) is 21.3. The third-order valence-electron chi connectivity index (χ3n) is 5.62. The predicted molar refractivity (Wildman–Crippen MR) is 136 cm³/mol. The summed E-state index contributed by atoms with van der Waals surface area (Å²) in [7, 11) is 0. The van der Waals surface area contributed by atoms with Crippen molar-refractivity contribution in [3.05, 3.63) is 91.9 Å². The van der Waals surface area contributed by atoms with Gasteiger partial charge in [0.25, 0.3) is 0 Å². The zero-order chi connectivity index (χ0) is 25.7. The van der Waals surface area contributed by atoms with Crippen LogP contribution in [0.1, 0.15) is 27.4 Å². The molecule has 35 heavy (non-hydrogen) atoms. The Hall–Kier alpha value is -2.09. The summed E-state index contributed by atoms with van der Waals surface area (Å²) in [5, 5.41) is 3.54. The minimum absolute atomic E-state index is 0.0547. The zero-order valence-electron chi connectivity index (χ0n) is 17.5. The molecule has 1 aliphatic carbocycles. The molecule has 0 saturated heterocycles. The molecule has 0 spiro atoms. The number of rotatable bonds is 6. The molecular formula is C24H15Cl5F2N2O2. The van der Waals surface area contributed by atoms with E-state index in [0.717, 1.165) is 12.1 Å². The van der Waals surface area contributed by atoms with E-state index in [1.807, 2.05) is 0 Å². The second kappa shape index (κ2) is 9.75. The summed E-state index contributed by atoms with van der Waals surface area (Å²) in [5.74, 6) is -4.30. The number of alkyl halides is 2. The Morgan fingerprint density at radius 2 is 1.54 bits per heavy atom. The van der Waals surface area contributed by atoms with Crippen LogP contribution >= 0.6 is 58.0 Å². The molecule has 1 saturated carbocycles. The summed E-state index contributed by atoms with van der Waals surface area (Å²) in [4.78, 5) is 25.7. The average molecular weight is 579 g/mol. The van der Waals surface area contributed by atoms with Gasteiger partial charge in [0, 0.05) is 33.6 Å². The molecule has 182 valence electrons. The van der Waals surface area contributed by atoms with Crippen LogP contribution in [-0.2, 0) is 11.2 Å². The van der Waals surface area contributed by atoms with Gasteiger partial charge in [0.05, 0.1) is 10.9 Å². The van der Waals surface area contributed by atoms with Crippen molar-refractivity contribution in [2.75, 3.05) is 11.1 Å². The number of ketones is 1. The minimum Gasteiger partial charge on any atom is -0.394 e. The van der Waals surface area contributed by atoms with Gasteiger partial charge in [0.15, 0.2) is 5.78 Å². The van der Waals surface area contributed by atoms with Crippen molar-refractivity contribution >= 4 is 81.1 Å². The summed E-state index contributed by atoms with van der Waals surface area (Å²) >= 11 is 31.0. The molecule has 0 unspecified atom stereocenters. The Bertz CT molecular complexity index is 1320. The molecule has 1 aliphatic rings. The van der Waals surface area contributed by atoms with Crippen molar-refractivity contribution in [1.29, 1.82) is 0 Å². The Kier molecular flexibility index (Phi) is 7.24. The lowest BCUT2D eigenvalue weighted by Gasteiger charge is -2.10. The first kappa shape index (κ1) is 26.0. The van der Waals surface area contributed by atoms with E-state index in [2.05, 4.69) is 5.32 Å². The smallest absolute Gasteiger partial charge is 0.231 e. The monoisotopic (exact) mass is 576 g/mol. The molecule has 0 aliphatic heterocycles. The molecule has 4 rings (SSSR count). The van der Waals surface area contributed by atoms with Crippen molar-refractivity contribution in [2.45, 2.75) is 16.7 Å². The highest BCUT2D eigenvalue weighted by Gasteiger charge is 2.67. The van der Waals surface area contributed by atoms with E-state index in [4.69, 9.17) is 63.7 Å². The lowest BCUT2D eigenvalue weighted by atomic mass is 10.0. The second-order valence-electron chi connectivity index (χ2n) is 8.09. The molecule has 1 fully saturated rings. The molecule has 3 N–H and O–H groups in total. The van der Waals surface area contributed by atoms with E-state index in [1.54, 1.807) is 18.2 Å². The summed E-state index contributed by atoms with van der Waals surface area (Å²) in [6.45, 7) is 0. The van der Waals surface area contributed by atoms with Crippen LogP contribution in [0.3, 0.4) is 0 Å². The minimum atomic E-state index is -1.38. The van der Waals surface area contributed by atoms with Crippen molar-refractivity contribution in [3.8, 4) is 0 Å². The predicted octanol–water partition coefficient (Wildman–Crippen LogP) is 7.46. The number of halogens is 7. The van der Waals surface area contributed by atoms with Gasteiger partial charge in [-0.25, -0.2) is 8.78 Å². The number of carbonyl (C=O) groups excluding carboxylic acids is 2. The average Bonchev–Trinajstić information content (AvgIpc) is 3.34. The van der Waals surface area contributed by atoms with Gasteiger partial charge in [-0.2, -0.15) is 0 Å². The van der Waals surface area contributed by atoms with Crippen molar-refractivity contribution < 1.29 is 18.4 Å². The Morgan fingerprint density at radius 1 is 0.943 bits per heavy atom. The number of carbonyl (C=O) groups is 2. The molecule has 3 aromatic rings. The molecule has 0 bridgehead atoms. The van der Waals surface area contributed by atoms with Gasteiger partial charge < -0.3 is 11.1 Å². The molecule has 1 amide bonds. The number of nitrogens with two attached hydrogens (primary N) is 1. The van der Waals surface area contributed by atoms with Gasteiger partial charge >= 0.3 is 0 Å². The van der Waals surface area contributed by atoms with Crippen LogP contribution in [0.15, 0.2) is 48.5 Å². The van der Waals surface area contributed by atoms with Crippen LogP contribution in [0.25, 0.3) is 0 Å². The lowest BCUT2D eigenvalue weighted by molar-refractivity contribution is -0.117. The maximum absolute atomic E-state index is 13.7. The number of hydrogen-bond donors (Lipinski definition) is 2. The standard InChI is InChI=1S/C24H15Cl5F2N2O2/c25-12-6-11(7-13(26)8-12)20-21(24(20,28)29)23(35)33-14-1-2-16(27)15(9-14)19(34)5-10-3-17(30)22(32)18(31)4-10/h1-4,6-9,20-21H,5,32H2,(H,33,35)/t20-,21+/m0/s1. The van der Waals surface area contributed by atoms with E-state index >= 15 is 0 Å². The van der Waals surface area contributed by atoms with Crippen molar-refractivity contribution in [3.63, 3.8) is 0 Å². The van der Waals surface area contributed by atoms with Crippen molar-refractivity contribution in [1.82, 2.24) is 0 Å². The quantitative estimate of drug-likeness (QED) is 0.181. The number of benzene rings is 3. The summed E-state index contributed by atoms with van der Waals surface area (Å²) < 4.78 is 26.1. The van der Waals surface area contributed by atoms with Gasteiger partial charge in [-0.15, -0.1) is 23.2 Å². The third-order valence-corrected chi connectivity index (χ3v) is 7.32. The first-order valence-electron chi connectivity index (χ1n) is 10.1. The SMILES string of the molecule is Nc1c(F)cc(CC(=O)c2cc(NC(=O)[C@H]3[C@H](c4cc(Cl)cc(Cl)c4)C3(Cl)Cl)ccc2Cl)cc1F. The highest BCUT2D eigenvalue weighted by molar-refractivity contribution is 6.53. The normalized spacial score (nSPS) is 18.3. The molecule has 4 nitrogen and oxygen atoms in total. The first-order chi connectivity index (χ1) is 16.4. The van der Waals surface area contributed by atoms with E-state index < -0.39 is 45.2 Å². The number of hydrogen-bond acceptors (Lipinski definition) is 3. The van der Waals surface area contributed by atoms with Crippen LogP contribution in [0, 0.1) is 17.6 Å². The van der Waals surface area contributed by atoms with Gasteiger partial charge in [-0.1, -0.05) is 34.8 Å². The molecule has 11 heteroatoms. The van der Waals surface area contributed by atoms with Gasteiger partial charge in [-0.3, -0.25) is 9.59 Å². The second-order valence-corrected chi connectivity index (χ2v) is 10.8. The fourth-order valence-corrected chi connectivity index (χ4v) is 5.47. The van der Waals surface area contributed by atoms with E-state index in [9.17, 15) is 18.4 Å². The van der Waals surface area contributed by atoms with Crippen molar-refractivity contribution in [2.24, 2.45) is 5.92 Å². The summed E-state index contributed by atoms with van der Waals surface area (Å²) in [6.07, 6.45) is -0.335. The molecule has 0 radical (unpaired) electrons. The fourth-order valence-electron chi connectivity index (χ4n) is 3.88. The fraction of sp³-hybridized carbons (Fsp3) is 0.167. The topological polar surface area (TPSA) is 72.2 Å². The number of amides is 1. The van der Waals surface area contributed by atoms with Crippen LogP contribution in [0.4, 0.5) is 20.2 Å². The first-order valence-corrected chi connectivity index (χ1v) is 12.0. The highest BCUT2D eigenvalue weighted by atomic mass is 35.5. The number of nitrogen functional groups attached to an aromatic ring is 1. The number of Topliss-reactive ketones (excluding diaryl/α,β-unsaturated/α-hetero) is 1. The Balaban J connectivity index is 1.52. The Morgan fingerprint density at radius 3 is 2.14 bits per heavy atom. The number of anilines is 2. The van der Waals surface area contributed by atoms with E-state index in [0.29, 0.717) is 15.6 Å². The van der Waals surface area contributed by atoms with Gasteiger partial charge in [-0.05, 0) is 59.7 Å². The largest absolute Gasteiger partial charge is 0.394 e. The molecular weight excluding hydrogens is 564 g/mol. The summed E-state index contributed by atoms with van der Waals surface area (Å²) in [5.41, 5.74) is 5.65. The molecule has 2 atom stereocenters. The number of nitrogens with one attached hydrogen (secondary N) is 1. The third kappa shape index (κ3) is 5.37. The highest BCUT2D eigenvalue weighted by Crippen LogP contribution is 2.65. The lowest BCUT2D eigenvalue weighted by Crippen LogP contribution is -2.17. The van der Waals surface area contributed by atoms with Gasteiger partial charge in [0.2, 0.25) is 5.91 Å². The van der Waals surface area contributed by atoms with Gasteiger partial charge in [0.1, 0.15) is 21.7 Å². The van der Waals surface area contributed by atoms with Crippen LogP contribution in [0.2, 0.25) is 15.1 Å². The van der Waals surface area contributed by atoms with E-state index in [1.165, 1.54) is 18.2 Å². The molecule has 0 heterocycles. The van der Waals surface area contributed by atoms with Crippen LogP contribution < -0.4 is 11.1 Å². The van der Waals surface area contributed by atoms with Crippen LogP contribution in [0.5, 0.6) is 0 Å². The maximum atomic E-state index is 13.7. The Labute approximate surface area is 224 Å².